The van der Waals surface area contributed by atoms with Crippen LogP contribution >= 0.6 is 11.8 Å². The first kappa shape index (κ1) is 21.8. The molecule has 8 unspecified atom stereocenters. The monoisotopic (exact) mass is 433 g/mol. The van der Waals surface area contributed by atoms with Crippen LogP contribution in [0.1, 0.15) is 51.9 Å². The van der Waals surface area contributed by atoms with E-state index in [1.807, 2.05) is 11.8 Å². The van der Waals surface area contributed by atoms with E-state index in [4.69, 9.17) is 0 Å². The minimum absolute atomic E-state index is 0.0329. The van der Waals surface area contributed by atoms with Crippen LogP contribution < -0.4 is 16.0 Å². The van der Waals surface area contributed by atoms with E-state index in [0.717, 1.165) is 18.2 Å². The van der Waals surface area contributed by atoms with Crippen molar-refractivity contribution in [1.29, 1.82) is 0 Å². The lowest BCUT2D eigenvalue weighted by atomic mass is 9.68. The molecule has 1 saturated carbocycles. The largest absolute Gasteiger partial charge is 0.403 e. The number of hydrogen-bond acceptors (Lipinski definition) is 4. The van der Waals surface area contributed by atoms with Crippen molar-refractivity contribution in [2.45, 2.75) is 81.4 Å². The third-order valence-electron chi connectivity index (χ3n) is 7.77. The van der Waals surface area contributed by atoms with Crippen LogP contribution in [0.15, 0.2) is 0 Å². The van der Waals surface area contributed by atoms with E-state index in [2.05, 4.69) is 22.9 Å². The van der Waals surface area contributed by atoms with Crippen LogP contribution in [0.3, 0.4) is 0 Å². The fourth-order valence-corrected chi connectivity index (χ4v) is 8.15. The Bertz CT molecular complexity index is 588. The van der Waals surface area contributed by atoms with E-state index in [1.54, 1.807) is 0 Å². The summed E-state index contributed by atoms with van der Waals surface area (Å²) < 4.78 is 39.1. The number of alkyl halides is 3. The molecule has 3 heterocycles. The third kappa shape index (κ3) is 4.74. The van der Waals surface area contributed by atoms with Crippen molar-refractivity contribution in [3.05, 3.63) is 0 Å². The van der Waals surface area contributed by atoms with Crippen LogP contribution in [0.2, 0.25) is 0 Å². The number of nitrogens with one attached hydrogen (secondary N) is 3. The van der Waals surface area contributed by atoms with E-state index in [1.165, 1.54) is 32.1 Å². The number of amides is 1. The van der Waals surface area contributed by atoms with Gasteiger partial charge >= 0.3 is 6.18 Å². The van der Waals surface area contributed by atoms with Crippen molar-refractivity contribution >= 4 is 17.7 Å². The molecule has 0 bridgehead atoms. The molecular weight excluding hydrogens is 399 g/mol. The molecule has 4 aliphatic rings. The smallest absolute Gasteiger partial charge is 0.353 e. The fourth-order valence-electron chi connectivity index (χ4n) is 6.18. The number of piperidine rings is 2. The lowest BCUT2D eigenvalue weighted by molar-refractivity contribution is -0.162. The summed E-state index contributed by atoms with van der Waals surface area (Å²) in [5.41, 5.74) is 0. The highest BCUT2D eigenvalue weighted by atomic mass is 32.2. The van der Waals surface area contributed by atoms with Crippen LogP contribution in [-0.4, -0.2) is 54.3 Å². The van der Waals surface area contributed by atoms with Crippen molar-refractivity contribution in [3.8, 4) is 0 Å². The van der Waals surface area contributed by atoms with Crippen LogP contribution in [0.5, 0.6) is 0 Å². The quantitative estimate of drug-likeness (QED) is 0.639. The molecule has 3 aliphatic heterocycles. The predicted octanol–water partition coefficient (Wildman–Crippen LogP) is 3.32. The first-order valence-electron chi connectivity index (χ1n) is 11.3. The van der Waals surface area contributed by atoms with E-state index >= 15 is 0 Å². The maximum absolute atomic E-state index is 13.0. The molecule has 29 heavy (non-hydrogen) atoms. The van der Waals surface area contributed by atoms with Gasteiger partial charge in [0, 0.05) is 23.1 Å². The highest BCUT2D eigenvalue weighted by molar-refractivity contribution is 8.00. The molecule has 4 nitrogen and oxygen atoms in total. The average molecular weight is 434 g/mol. The van der Waals surface area contributed by atoms with Crippen molar-refractivity contribution in [3.63, 3.8) is 0 Å². The first-order chi connectivity index (χ1) is 13.8. The Balaban J connectivity index is 1.34. The molecular formula is C21H34F3N3OS. The highest BCUT2D eigenvalue weighted by Gasteiger charge is 2.48. The van der Waals surface area contributed by atoms with Gasteiger partial charge in [-0.1, -0.05) is 13.3 Å². The number of fused-ring (bicyclic) bond motifs is 1. The van der Waals surface area contributed by atoms with Gasteiger partial charge in [0.2, 0.25) is 5.91 Å². The van der Waals surface area contributed by atoms with Crippen LogP contribution in [0.25, 0.3) is 0 Å². The molecule has 0 aromatic carbocycles. The highest BCUT2D eigenvalue weighted by Crippen LogP contribution is 2.49. The zero-order valence-electron chi connectivity index (χ0n) is 17.1. The maximum Gasteiger partial charge on any atom is 0.403 e. The van der Waals surface area contributed by atoms with Gasteiger partial charge in [0.05, 0.1) is 5.92 Å². The standard InChI is InChI=1S/C21H34F3N3OS/c1-12-16(20(28)27-13-7-9-26-18(10-13)21(22,23)24)11-29-19(12)15-4-2-6-17-14(15)5-3-8-25-17/h12-19,25-26H,2-11H2,1H3,(H,27,28). The molecule has 3 N–H and O–H groups in total. The van der Waals surface area contributed by atoms with Gasteiger partial charge in [0.15, 0.2) is 0 Å². The van der Waals surface area contributed by atoms with Gasteiger partial charge in [-0.2, -0.15) is 24.9 Å². The van der Waals surface area contributed by atoms with Gasteiger partial charge in [0.1, 0.15) is 6.04 Å². The summed E-state index contributed by atoms with van der Waals surface area (Å²) in [6.07, 6.45) is 2.55. The number of carbonyl (C=O) groups excluding carboxylic acids is 1. The Kier molecular flexibility index (Phi) is 6.71. The Morgan fingerprint density at radius 2 is 1.83 bits per heavy atom. The normalized spacial score (nSPS) is 43.6. The summed E-state index contributed by atoms with van der Waals surface area (Å²) in [5, 5.41) is 9.70. The van der Waals surface area contributed by atoms with Gasteiger partial charge in [0.25, 0.3) is 0 Å². The number of halogens is 3. The van der Waals surface area contributed by atoms with Crippen molar-refractivity contribution < 1.29 is 18.0 Å². The van der Waals surface area contributed by atoms with Crippen molar-refractivity contribution in [2.75, 3.05) is 18.8 Å². The lowest BCUT2D eigenvalue weighted by Gasteiger charge is -2.45. The topological polar surface area (TPSA) is 53.2 Å². The molecule has 1 aliphatic carbocycles. The number of thioether (sulfide) groups is 1. The van der Waals surface area contributed by atoms with Gasteiger partial charge in [-0.15, -0.1) is 0 Å². The van der Waals surface area contributed by atoms with E-state index < -0.39 is 12.2 Å². The van der Waals surface area contributed by atoms with Crippen LogP contribution in [-0.2, 0) is 4.79 Å². The lowest BCUT2D eigenvalue weighted by Crippen LogP contribution is -2.54. The summed E-state index contributed by atoms with van der Waals surface area (Å²) in [4.78, 5) is 13.0. The Labute approximate surface area is 175 Å². The SMILES string of the molecule is CC1C(C(=O)NC2CCNC(C(F)(F)F)C2)CSC1C1CCCC2NCCCC21. The van der Waals surface area contributed by atoms with Crippen LogP contribution in [0, 0.1) is 23.7 Å². The number of hydrogen-bond donors (Lipinski definition) is 3. The second kappa shape index (κ2) is 8.95. The zero-order chi connectivity index (χ0) is 20.6. The van der Waals surface area contributed by atoms with E-state index in [-0.39, 0.29) is 30.2 Å². The number of carbonyl (C=O) groups is 1. The molecule has 166 valence electrons. The Morgan fingerprint density at radius 3 is 2.62 bits per heavy atom. The summed E-state index contributed by atoms with van der Waals surface area (Å²) in [7, 11) is 0. The molecule has 4 rings (SSSR count). The van der Waals surface area contributed by atoms with Gasteiger partial charge < -0.3 is 16.0 Å². The second-order valence-corrected chi connectivity index (χ2v) is 10.7. The molecule has 0 radical (unpaired) electrons. The zero-order valence-corrected chi connectivity index (χ0v) is 18.0. The minimum Gasteiger partial charge on any atom is -0.353 e. The van der Waals surface area contributed by atoms with E-state index in [0.29, 0.717) is 30.2 Å². The fraction of sp³-hybridized carbons (Fsp3) is 0.952. The predicted molar refractivity (Wildman–Crippen MR) is 110 cm³/mol. The Morgan fingerprint density at radius 1 is 1.03 bits per heavy atom. The van der Waals surface area contributed by atoms with Gasteiger partial charge in [-0.05, 0) is 69.4 Å². The molecule has 3 saturated heterocycles. The van der Waals surface area contributed by atoms with Crippen molar-refractivity contribution in [2.24, 2.45) is 23.7 Å². The summed E-state index contributed by atoms with van der Waals surface area (Å²) >= 11 is 1.94. The Hall–Kier alpha value is -0.470. The molecule has 1 amide bonds. The summed E-state index contributed by atoms with van der Waals surface area (Å²) in [5.74, 6) is 2.34. The second-order valence-electron chi connectivity index (χ2n) is 9.50. The molecule has 0 aromatic rings. The molecule has 4 fully saturated rings. The summed E-state index contributed by atoms with van der Waals surface area (Å²) in [6.45, 7) is 3.61. The minimum atomic E-state index is -4.25. The van der Waals surface area contributed by atoms with Gasteiger partial charge in [-0.3, -0.25) is 4.79 Å². The number of rotatable bonds is 3. The van der Waals surface area contributed by atoms with Crippen molar-refractivity contribution in [1.82, 2.24) is 16.0 Å². The van der Waals surface area contributed by atoms with Gasteiger partial charge in [-0.25, -0.2) is 0 Å². The van der Waals surface area contributed by atoms with E-state index in [9.17, 15) is 18.0 Å². The first-order valence-corrected chi connectivity index (χ1v) is 12.3. The average Bonchev–Trinajstić information content (AvgIpc) is 3.08. The molecule has 0 spiro atoms. The molecule has 8 atom stereocenters. The third-order valence-corrected chi connectivity index (χ3v) is 9.48. The maximum atomic E-state index is 13.0. The summed E-state index contributed by atoms with van der Waals surface area (Å²) in [6, 6.07) is -1.26. The molecule has 0 aromatic heterocycles. The molecule has 8 heteroatoms. The van der Waals surface area contributed by atoms with Crippen LogP contribution in [0.4, 0.5) is 13.2 Å².